The van der Waals surface area contributed by atoms with Gasteiger partial charge in [0.25, 0.3) is 5.91 Å². The molecule has 6 nitrogen and oxygen atoms in total. The van der Waals surface area contributed by atoms with E-state index in [1.165, 1.54) is 18.7 Å². The summed E-state index contributed by atoms with van der Waals surface area (Å²) >= 11 is 5.86. The van der Waals surface area contributed by atoms with Crippen molar-refractivity contribution in [3.8, 4) is 0 Å². The smallest absolute Gasteiger partial charge is 0.255 e. The first-order valence-electron chi connectivity index (χ1n) is 6.15. The molecule has 2 aromatic heterocycles. The van der Waals surface area contributed by atoms with Gasteiger partial charge in [-0.05, 0) is 19.9 Å². The second-order valence-electron chi connectivity index (χ2n) is 4.46. The van der Waals surface area contributed by atoms with Crippen LogP contribution >= 0.6 is 11.6 Å². The molecule has 0 fully saturated rings. The van der Waals surface area contributed by atoms with Crippen molar-refractivity contribution in [3.05, 3.63) is 41.3 Å². The van der Waals surface area contributed by atoms with Gasteiger partial charge in [0.05, 0.1) is 24.0 Å². The molecule has 0 atom stereocenters. The topological polar surface area (TPSA) is 80.0 Å². The third-order valence-electron chi connectivity index (χ3n) is 2.44. The highest BCUT2D eigenvalue weighted by Gasteiger charge is 2.14. The van der Waals surface area contributed by atoms with E-state index in [9.17, 15) is 4.79 Å². The van der Waals surface area contributed by atoms with E-state index < -0.39 is 0 Å². The van der Waals surface area contributed by atoms with E-state index in [1.807, 2.05) is 13.8 Å². The Bertz CT molecular complexity index is 584. The Labute approximate surface area is 121 Å². The quantitative estimate of drug-likeness (QED) is 0.828. The molecule has 0 saturated carbocycles. The normalized spacial score (nSPS) is 10.6. The van der Waals surface area contributed by atoms with Gasteiger partial charge in [-0.25, -0.2) is 9.97 Å². The van der Waals surface area contributed by atoms with Crippen LogP contribution in [0.3, 0.4) is 0 Å². The van der Waals surface area contributed by atoms with Crippen LogP contribution in [-0.2, 0) is 6.54 Å². The summed E-state index contributed by atoms with van der Waals surface area (Å²) in [7, 11) is 0. The van der Waals surface area contributed by atoms with E-state index in [0.717, 1.165) is 0 Å². The van der Waals surface area contributed by atoms with Crippen LogP contribution in [0.25, 0.3) is 0 Å². The van der Waals surface area contributed by atoms with Crippen molar-refractivity contribution in [2.24, 2.45) is 0 Å². The highest BCUT2D eigenvalue weighted by Crippen LogP contribution is 2.19. The Balaban J connectivity index is 2.12. The fraction of sp³-hybridized carbons (Fsp3) is 0.308. The van der Waals surface area contributed by atoms with Crippen molar-refractivity contribution >= 4 is 23.2 Å². The molecule has 0 saturated heterocycles. The molecule has 0 aliphatic carbocycles. The van der Waals surface area contributed by atoms with Crippen LogP contribution in [0.5, 0.6) is 0 Å². The Morgan fingerprint density at radius 1 is 1.45 bits per heavy atom. The van der Waals surface area contributed by atoms with Crippen LogP contribution < -0.4 is 10.6 Å². The van der Waals surface area contributed by atoms with Gasteiger partial charge in [-0.15, -0.1) is 0 Å². The number of hydrogen-bond donors (Lipinski definition) is 2. The maximum absolute atomic E-state index is 12.1. The fourth-order valence-corrected chi connectivity index (χ4v) is 1.79. The summed E-state index contributed by atoms with van der Waals surface area (Å²) in [6, 6.07) is 1.80. The van der Waals surface area contributed by atoms with Crippen LogP contribution in [0, 0.1) is 0 Å². The van der Waals surface area contributed by atoms with Crippen molar-refractivity contribution in [3.63, 3.8) is 0 Å². The van der Waals surface area contributed by atoms with Crippen molar-refractivity contribution in [1.82, 2.24) is 15.3 Å². The fourth-order valence-electron chi connectivity index (χ4n) is 1.63. The standard InChI is InChI=1S/C13H15ClN4O2/c1-8(2)18-10-5-11(14)16-6-9(10)13(19)17-7-12-15-3-4-20-12/h3-6,8H,7H2,1-2H3,(H,16,18)(H,17,19). The van der Waals surface area contributed by atoms with Gasteiger partial charge in [-0.2, -0.15) is 0 Å². The summed E-state index contributed by atoms with van der Waals surface area (Å²) in [5.74, 6) is 0.175. The Morgan fingerprint density at radius 2 is 2.25 bits per heavy atom. The SMILES string of the molecule is CC(C)Nc1cc(Cl)ncc1C(=O)NCc1ncco1. The maximum Gasteiger partial charge on any atom is 0.255 e. The number of carbonyl (C=O) groups excluding carboxylic acids is 1. The highest BCUT2D eigenvalue weighted by atomic mass is 35.5. The van der Waals surface area contributed by atoms with E-state index in [-0.39, 0.29) is 18.5 Å². The molecule has 2 heterocycles. The highest BCUT2D eigenvalue weighted by molar-refractivity contribution is 6.29. The summed E-state index contributed by atoms with van der Waals surface area (Å²) < 4.78 is 5.06. The molecule has 0 bridgehead atoms. The maximum atomic E-state index is 12.1. The van der Waals surface area contributed by atoms with Crippen LogP contribution in [0.4, 0.5) is 5.69 Å². The van der Waals surface area contributed by atoms with Gasteiger partial charge in [0.2, 0.25) is 5.89 Å². The molecule has 20 heavy (non-hydrogen) atoms. The average Bonchev–Trinajstić information content (AvgIpc) is 2.88. The third kappa shape index (κ3) is 3.71. The molecule has 0 spiro atoms. The molecule has 2 rings (SSSR count). The minimum absolute atomic E-state index is 0.173. The van der Waals surface area contributed by atoms with Crippen LogP contribution in [-0.4, -0.2) is 21.9 Å². The van der Waals surface area contributed by atoms with E-state index in [2.05, 4.69) is 20.6 Å². The lowest BCUT2D eigenvalue weighted by Crippen LogP contribution is -2.25. The second-order valence-corrected chi connectivity index (χ2v) is 4.85. The largest absolute Gasteiger partial charge is 0.447 e. The Kier molecular flexibility index (Phi) is 4.57. The summed E-state index contributed by atoms with van der Waals surface area (Å²) in [4.78, 5) is 20.0. The van der Waals surface area contributed by atoms with E-state index >= 15 is 0 Å². The van der Waals surface area contributed by atoms with E-state index in [1.54, 1.807) is 6.07 Å². The number of halogens is 1. The number of nitrogens with one attached hydrogen (secondary N) is 2. The van der Waals surface area contributed by atoms with Gasteiger partial charge in [0.1, 0.15) is 11.4 Å². The molecule has 0 unspecified atom stereocenters. The summed E-state index contributed by atoms with van der Waals surface area (Å²) in [5.41, 5.74) is 1.07. The molecular formula is C13H15ClN4O2. The van der Waals surface area contributed by atoms with E-state index in [4.69, 9.17) is 16.0 Å². The van der Waals surface area contributed by atoms with Gasteiger partial charge >= 0.3 is 0 Å². The van der Waals surface area contributed by atoms with Crippen LogP contribution in [0.2, 0.25) is 5.15 Å². The number of amides is 1. The lowest BCUT2D eigenvalue weighted by molar-refractivity contribution is 0.0947. The summed E-state index contributed by atoms with van der Waals surface area (Å²) in [6.07, 6.45) is 4.42. The zero-order valence-electron chi connectivity index (χ0n) is 11.2. The van der Waals surface area contributed by atoms with Gasteiger partial charge < -0.3 is 15.1 Å². The number of carbonyl (C=O) groups is 1. The predicted octanol–water partition coefficient (Wildman–Crippen LogP) is 2.47. The number of anilines is 1. The Hall–Kier alpha value is -2.08. The first kappa shape index (κ1) is 14.3. The van der Waals surface area contributed by atoms with Crippen molar-refractivity contribution in [1.29, 1.82) is 0 Å². The van der Waals surface area contributed by atoms with E-state index in [0.29, 0.717) is 22.3 Å². The molecule has 7 heteroatoms. The Morgan fingerprint density at radius 3 is 2.90 bits per heavy atom. The predicted molar refractivity (Wildman–Crippen MR) is 75.7 cm³/mol. The minimum atomic E-state index is -0.268. The minimum Gasteiger partial charge on any atom is -0.447 e. The summed E-state index contributed by atoms with van der Waals surface area (Å²) in [5, 5.41) is 6.21. The number of hydrogen-bond acceptors (Lipinski definition) is 5. The monoisotopic (exact) mass is 294 g/mol. The number of pyridine rings is 1. The molecule has 2 aromatic rings. The first-order chi connectivity index (χ1) is 9.56. The third-order valence-corrected chi connectivity index (χ3v) is 2.65. The summed E-state index contributed by atoms with van der Waals surface area (Å²) in [6.45, 7) is 4.17. The molecule has 1 amide bonds. The molecule has 0 radical (unpaired) electrons. The molecule has 2 N–H and O–H groups in total. The number of aromatic nitrogens is 2. The molecular weight excluding hydrogens is 280 g/mol. The van der Waals surface area contributed by atoms with Crippen LogP contribution in [0.15, 0.2) is 29.1 Å². The molecule has 0 aliphatic heterocycles. The lowest BCUT2D eigenvalue weighted by Gasteiger charge is -2.14. The number of rotatable bonds is 5. The zero-order valence-corrected chi connectivity index (χ0v) is 11.9. The zero-order chi connectivity index (χ0) is 14.5. The van der Waals surface area contributed by atoms with Crippen molar-refractivity contribution < 1.29 is 9.21 Å². The van der Waals surface area contributed by atoms with Gasteiger partial charge in [0, 0.05) is 12.2 Å². The van der Waals surface area contributed by atoms with Crippen molar-refractivity contribution in [2.45, 2.75) is 26.4 Å². The van der Waals surface area contributed by atoms with Crippen LogP contribution in [0.1, 0.15) is 30.1 Å². The number of nitrogens with zero attached hydrogens (tertiary/aromatic N) is 2. The molecule has 0 aromatic carbocycles. The van der Waals surface area contributed by atoms with Gasteiger partial charge in [-0.3, -0.25) is 4.79 Å². The molecule has 106 valence electrons. The lowest BCUT2D eigenvalue weighted by atomic mass is 10.2. The molecule has 0 aliphatic rings. The van der Waals surface area contributed by atoms with Gasteiger partial charge in [-0.1, -0.05) is 11.6 Å². The average molecular weight is 295 g/mol. The second kappa shape index (κ2) is 6.38. The number of oxazole rings is 1. The van der Waals surface area contributed by atoms with Gasteiger partial charge in [0.15, 0.2) is 0 Å². The van der Waals surface area contributed by atoms with Crippen molar-refractivity contribution in [2.75, 3.05) is 5.32 Å². The first-order valence-corrected chi connectivity index (χ1v) is 6.52.